The summed E-state index contributed by atoms with van der Waals surface area (Å²) >= 11 is 3.19. The lowest BCUT2D eigenvalue weighted by molar-refractivity contribution is -0.0221. The molecule has 8 heteroatoms. The number of fused-ring (bicyclic) bond motifs is 1. The van der Waals surface area contributed by atoms with Crippen LogP contribution in [-0.2, 0) is 0 Å². The first-order valence-corrected chi connectivity index (χ1v) is 6.57. The maximum absolute atomic E-state index is 13.5. The monoisotopic (exact) mass is 334 g/mol. The molecule has 0 atom stereocenters. The fourth-order valence-electron chi connectivity index (χ4n) is 2.17. The molecule has 19 heavy (non-hydrogen) atoms. The zero-order valence-corrected chi connectivity index (χ0v) is 11.4. The summed E-state index contributed by atoms with van der Waals surface area (Å²) in [6, 6.07) is 0. The number of halogens is 4. The van der Waals surface area contributed by atoms with E-state index in [4.69, 9.17) is 0 Å². The predicted octanol–water partition coefficient (Wildman–Crippen LogP) is 2.87. The number of nitrogens with zero attached hydrogens (tertiary/aromatic N) is 4. The van der Waals surface area contributed by atoms with Crippen molar-refractivity contribution in [1.82, 2.24) is 14.4 Å². The molecule has 2 aromatic heterocycles. The Labute approximate surface area is 115 Å². The van der Waals surface area contributed by atoms with Crippen LogP contribution in [0.15, 0.2) is 17.0 Å². The standard InChI is InChI=1S/C11H10BrF3N4/c12-7-6-19-8(13)5-16-9(19)10(17-7)18-3-1-11(14,15)2-4-18/h5-6H,1-4H2. The molecule has 1 aliphatic heterocycles. The van der Waals surface area contributed by atoms with Gasteiger partial charge in [-0.25, -0.2) is 18.7 Å². The first-order chi connectivity index (χ1) is 8.96. The van der Waals surface area contributed by atoms with Gasteiger partial charge in [0.1, 0.15) is 4.60 Å². The molecule has 0 amide bonds. The molecule has 1 saturated heterocycles. The molecule has 4 nitrogen and oxygen atoms in total. The molecular formula is C11H10BrF3N4. The van der Waals surface area contributed by atoms with Gasteiger partial charge in [0.25, 0.3) is 5.92 Å². The maximum Gasteiger partial charge on any atom is 0.251 e. The predicted molar refractivity (Wildman–Crippen MR) is 67.0 cm³/mol. The normalized spacial score (nSPS) is 19.1. The number of hydrogen-bond donors (Lipinski definition) is 0. The summed E-state index contributed by atoms with van der Waals surface area (Å²) in [5.74, 6) is -2.71. The van der Waals surface area contributed by atoms with Crippen molar-refractivity contribution >= 4 is 27.4 Å². The van der Waals surface area contributed by atoms with Gasteiger partial charge in [0.2, 0.25) is 5.95 Å². The van der Waals surface area contributed by atoms with Crippen molar-refractivity contribution in [2.24, 2.45) is 0 Å². The number of hydrogen-bond acceptors (Lipinski definition) is 3. The quantitative estimate of drug-likeness (QED) is 0.804. The molecule has 0 spiro atoms. The lowest BCUT2D eigenvalue weighted by Crippen LogP contribution is -2.40. The second-order valence-corrected chi connectivity index (χ2v) is 5.32. The second-order valence-electron chi connectivity index (χ2n) is 4.50. The van der Waals surface area contributed by atoms with E-state index in [2.05, 4.69) is 25.9 Å². The van der Waals surface area contributed by atoms with E-state index in [9.17, 15) is 13.2 Å². The Hall–Kier alpha value is -1.31. The van der Waals surface area contributed by atoms with Crippen LogP contribution in [0.2, 0.25) is 0 Å². The molecule has 1 aliphatic rings. The van der Waals surface area contributed by atoms with E-state index in [0.29, 0.717) is 16.1 Å². The Morgan fingerprint density at radius 1 is 1.26 bits per heavy atom. The molecule has 3 heterocycles. The molecule has 1 fully saturated rings. The van der Waals surface area contributed by atoms with Crippen LogP contribution in [0.3, 0.4) is 0 Å². The zero-order chi connectivity index (χ0) is 13.6. The highest BCUT2D eigenvalue weighted by Gasteiger charge is 2.35. The van der Waals surface area contributed by atoms with Crippen LogP contribution in [0.4, 0.5) is 19.0 Å². The maximum atomic E-state index is 13.5. The smallest absolute Gasteiger partial charge is 0.251 e. The minimum absolute atomic E-state index is 0.181. The second kappa shape index (κ2) is 4.36. The highest BCUT2D eigenvalue weighted by Crippen LogP contribution is 2.31. The lowest BCUT2D eigenvalue weighted by atomic mass is 10.1. The number of piperidine rings is 1. The molecule has 102 valence electrons. The van der Waals surface area contributed by atoms with Crippen LogP contribution in [0.5, 0.6) is 0 Å². The minimum atomic E-state index is -2.63. The number of aromatic nitrogens is 3. The van der Waals surface area contributed by atoms with Gasteiger partial charge >= 0.3 is 0 Å². The Bertz CT molecular complexity index is 618. The molecular weight excluding hydrogens is 325 g/mol. The molecule has 0 aromatic carbocycles. The summed E-state index contributed by atoms with van der Waals surface area (Å²) in [6.07, 6.45) is 2.10. The average molecular weight is 335 g/mol. The van der Waals surface area contributed by atoms with Crippen molar-refractivity contribution in [2.75, 3.05) is 18.0 Å². The lowest BCUT2D eigenvalue weighted by Gasteiger charge is -2.32. The summed E-state index contributed by atoms with van der Waals surface area (Å²) in [4.78, 5) is 9.89. The highest BCUT2D eigenvalue weighted by molar-refractivity contribution is 9.10. The number of alkyl halides is 2. The summed E-state index contributed by atoms with van der Waals surface area (Å²) < 4.78 is 41.5. The van der Waals surface area contributed by atoms with Crippen molar-refractivity contribution < 1.29 is 13.2 Å². The fraction of sp³-hybridized carbons (Fsp3) is 0.455. The first-order valence-electron chi connectivity index (χ1n) is 5.78. The Kier molecular flexibility index (Phi) is 2.92. The number of rotatable bonds is 1. The van der Waals surface area contributed by atoms with E-state index < -0.39 is 11.9 Å². The fourth-order valence-corrected chi connectivity index (χ4v) is 2.55. The number of imidazole rings is 1. The Morgan fingerprint density at radius 3 is 2.63 bits per heavy atom. The van der Waals surface area contributed by atoms with Crippen molar-refractivity contribution in [3.8, 4) is 0 Å². The van der Waals surface area contributed by atoms with Gasteiger partial charge in [-0.1, -0.05) is 0 Å². The molecule has 0 bridgehead atoms. The van der Waals surface area contributed by atoms with Gasteiger partial charge in [-0.3, -0.25) is 4.40 Å². The average Bonchev–Trinajstić information content (AvgIpc) is 2.71. The Balaban J connectivity index is 2.01. The van der Waals surface area contributed by atoms with Crippen LogP contribution in [0.25, 0.3) is 5.65 Å². The minimum Gasteiger partial charge on any atom is -0.353 e. The van der Waals surface area contributed by atoms with Gasteiger partial charge in [-0.2, -0.15) is 4.39 Å². The van der Waals surface area contributed by atoms with Gasteiger partial charge in [-0.15, -0.1) is 0 Å². The first kappa shape index (κ1) is 12.7. The summed E-state index contributed by atoms with van der Waals surface area (Å²) in [7, 11) is 0. The molecule has 0 N–H and O–H groups in total. The van der Waals surface area contributed by atoms with Gasteiger partial charge in [-0.05, 0) is 15.9 Å². The van der Waals surface area contributed by atoms with Gasteiger partial charge in [0.05, 0.1) is 6.20 Å². The van der Waals surface area contributed by atoms with Crippen LogP contribution in [0, 0.1) is 5.95 Å². The molecule has 3 rings (SSSR count). The van der Waals surface area contributed by atoms with Crippen molar-refractivity contribution in [3.63, 3.8) is 0 Å². The molecule has 0 aliphatic carbocycles. The van der Waals surface area contributed by atoms with Crippen LogP contribution >= 0.6 is 15.9 Å². The molecule has 0 radical (unpaired) electrons. The third-order valence-corrected chi connectivity index (χ3v) is 3.58. The van der Waals surface area contributed by atoms with E-state index in [0.717, 1.165) is 6.20 Å². The SMILES string of the molecule is Fc1cnc2c(N3CCC(F)(F)CC3)nc(Br)cn12. The van der Waals surface area contributed by atoms with E-state index in [1.54, 1.807) is 4.90 Å². The van der Waals surface area contributed by atoms with Gasteiger partial charge < -0.3 is 4.90 Å². The third kappa shape index (κ3) is 2.29. The highest BCUT2D eigenvalue weighted by atomic mass is 79.9. The van der Waals surface area contributed by atoms with Gasteiger partial charge in [0.15, 0.2) is 11.5 Å². The Morgan fingerprint density at radius 2 is 1.95 bits per heavy atom. The van der Waals surface area contributed by atoms with Crippen LogP contribution < -0.4 is 4.90 Å². The third-order valence-electron chi connectivity index (χ3n) is 3.19. The van der Waals surface area contributed by atoms with E-state index in [-0.39, 0.29) is 25.9 Å². The molecule has 2 aromatic rings. The van der Waals surface area contributed by atoms with Crippen molar-refractivity contribution in [1.29, 1.82) is 0 Å². The van der Waals surface area contributed by atoms with E-state index >= 15 is 0 Å². The van der Waals surface area contributed by atoms with Crippen LogP contribution in [-0.4, -0.2) is 33.4 Å². The summed E-state index contributed by atoms with van der Waals surface area (Å²) in [5.41, 5.74) is 0.339. The molecule has 0 unspecified atom stereocenters. The van der Waals surface area contributed by atoms with Gasteiger partial charge in [0, 0.05) is 32.1 Å². The van der Waals surface area contributed by atoms with E-state index in [1.807, 2.05) is 0 Å². The number of anilines is 1. The van der Waals surface area contributed by atoms with Crippen LogP contribution in [0.1, 0.15) is 12.8 Å². The van der Waals surface area contributed by atoms with Crippen molar-refractivity contribution in [2.45, 2.75) is 18.8 Å². The van der Waals surface area contributed by atoms with Crippen molar-refractivity contribution in [3.05, 3.63) is 22.9 Å². The topological polar surface area (TPSA) is 33.4 Å². The zero-order valence-electron chi connectivity index (χ0n) is 9.78. The largest absolute Gasteiger partial charge is 0.353 e. The molecule has 0 saturated carbocycles. The van der Waals surface area contributed by atoms with E-state index in [1.165, 1.54) is 10.6 Å². The summed E-state index contributed by atoms with van der Waals surface area (Å²) in [5, 5.41) is 0. The summed E-state index contributed by atoms with van der Waals surface area (Å²) in [6.45, 7) is 0.362.